The van der Waals surface area contributed by atoms with Crippen molar-refractivity contribution in [2.45, 2.75) is 18.7 Å². The topological polar surface area (TPSA) is 89.3 Å². The van der Waals surface area contributed by atoms with Gasteiger partial charge in [-0.2, -0.15) is 0 Å². The predicted molar refractivity (Wildman–Crippen MR) is 61.2 cm³/mol. The number of primary sulfonamides is 1. The molecule has 0 heterocycles. The van der Waals surface area contributed by atoms with Crippen LogP contribution in [-0.2, 0) is 14.8 Å². The highest BCUT2D eigenvalue weighted by atomic mass is 32.2. The molecule has 0 bridgehead atoms. The Morgan fingerprint density at radius 1 is 1.41 bits per heavy atom. The first-order chi connectivity index (χ1) is 7.71. The minimum Gasteiger partial charge on any atom is -0.325 e. The van der Waals surface area contributed by atoms with Crippen LogP contribution < -0.4 is 10.5 Å². The lowest BCUT2D eigenvalue weighted by Crippen LogP contribution is -2.21. The summed E-state index contributed by atoms with van der Waals surface area (Å²) in [4.78, 5) is 11.1. The Kier molecular flexibility index (Phi) is 3.84. The molecule has 0 fully saturated rings. The number of hydrogen-bond donors (Lipinski definition) is 2. The normalized spacial score (nSPS) is 11.6. The van der Waals surface area contributed by atoms with Crippen LogP contribution in [0.2, 0.25) is 0 Å². The number of halogens is 1. The van der Waals surface area contributed by atoms with Crippen LogP contribution in [0.1, 0.15) is 13.8 Å². The van der Waals surface area contributed by atoms with E-state index < -0.39 is 21.7 Å². The van der Waals surface area contributed by atoms with Gasteiger partial charge >= 0.3 is 0 Å². The summed E-state index contributed by atoms with van der Waals surface area (Å²) in [6.45, 7) is 3.26. The molecular weight excluding hydrogens is 247 g/mol. The molecule has 1 aromatic carbocycles. The van der Waals surface area contributed by atoms with Crippen molar-refractivity contribution in [3.8, 4) is 0 Å². The molecule has 0 aliphatic rings. The quantitative estimate of drug-likeness (QED) is 0.851. The van der Waals surface area contributed by atoms with Crippen LogP contribution in [0.25, 0.3) is 0 Å². The monoisotopic (exact) mass is 260 g/mol. The lowest BCUT2D eigenvalue weighted by molar-refractivity contribution is -0.118. The molecule has 0 radical (unpaired) electrons. The Bertz CT molecular complexity index is 540. The molecular formula is C10H13FN2O3S. The van der Waals surface area contributed by atoms with E-state index in [-0.39, 0.29) is 16.5 Å². The van der Waals surface area contributed by atoms with E-state index in [9.17, 15) is 17.6 Å². The minimum absolute atomic E-state index is 0.147. The summed E-state index contributed by atoms with van der Waals surface area (Å²) < 4.78 is 35.4. The highest BCUT2D eigenvalue weighted by molar-refractivity contribution is 7.89. The van der Waals surface area contributed by atoms with Gasteiger partial charge in [-0.1, -0.05) is 13.8 Å². The maximum absolute atomic E-state index is 13.0. The molecule has 0 saturated heterocycles. The number of nitrogens with one attached hydrogen (secondary N) is 1. The first-order valence-electron chi connectivity index (χ1n) is 4.85. The van der Waals surface area contributed by atoms with Crippen molar-refractivity contribution >= 4 is 21.6 Å². The van der Waals surface area contributed by atoms with E-state index in [1.165, 1.54) is 0 Å². The van der Waals surface area contributed by atoms with Crippen molar-refractivity contribution in [3.05, 3.63) is 24.0 Å². The van der Waals surface area contributed by atoms with E-state index in [1.807, 2.05) is 0 Å². The van der Waals surface area contributed by atoms with Crippen molar-refractivity contribution in [1.82, 2.24) is 0 Å². The number of nitrogens with two attached hydrogens (primary N) is 1. The fourth-order valence-electron chi connectivity index (χ4n) is 1.13. The van der Waals surface area contributed by atoms with Crippen LogP contribution in [0, 0.1) is 11.7 Å². The molecule has 3 N–H and O–H groups in total. The largest absolute Gasteiger partial charge is 0.325 e. The maximum atomic E-state index is 13.0. The van der Waals surface area contributed by atoms with Gasteiger partial charge in [-0.05, 0) is 18.2 Å². The molecule has 0 spiro atoms. The summed E-state index contributed by atoms with van der Waals surface area (Å²) in [5, 5.41) is 7.28. The lowest BCUT2D eigenvalue weighted by Gasteiger charge is -2.11. The molecule has 1 rings (SSSR count). The zero-order valence-electron chi connectivity index (χ0n) is 9.40. The van der Waals surface area contributed by atoms with Crippen LogP contribution in [-0.4, -0.2) is 14.3 Å². The van der Waals surface area contributed by atoms with Gasteiger partial charge in [-0.15, -0.1) is 0 Å². The molecule has 1 aromatic rings. The fraction of sp³-hybridized carbons (Fsp3) is 0.300. The third kappa shape index (κ3) is 3.50. The number of anilines is 1. The zero-order chi connectivity index (χ0) is 13.2. The van der Waals surface area contributed by atoms with E-state index >= 15 is 0 Å². The Morgan fingerprint density at radius 2 is 2.00 bits per heavy atom. The Balaban J connectivity index is 3.22. The van der Waals surface area contributed by atoms with Crippen LogP contribution in [0.15, 0.2) is 23.1 Å². The summed E-state index contributed by atoms with van der Waals surface area (Å²) in [6, 6.07) is 2.89. The van der Waals surface area contributed by atoms with Gasteiger partial charge in [0.2, 0.25) is 15.9 Å². The van der Waals surface area contributed by atoms with Gasteiger partial charge in [-0.25, -0.2) is 17.9 Å². The van der Waals surface area contributed by atoms with Crippen molar-refractivity contribution in [2.75, 3.05) is 5.32 Å². The van der Waals surface area contributed by atoms with E-state index in [0.29, 0.717) is 0 Å². The maximum Gasteiger partial charge on any atom is 0.240 e. The molecule has 0 aliphatic heterocycles. The third-order valence-corrected chi connectivity index (χ3v) is 3.00. The van der Waals surface area contributed by atoms with Gasteiger partial charge in [-0.3, -0.25) is 4.79 Å². The van der Waals surface area contributed by atoms with E-state index in [0.717, 1.165) is 18.2 Å². The third-order valence-electron chi connectivity index (χ3n) is 2.03. The highest BCUT2D eigenvalue weighted by Gasteiger charge is 2.17. The minimum atomic E-state index is -4.00. The molecule has 0 aromatic heterocycles. The van der Waals surface area contributed by atoms with Crippen molar-refractivity contribution in [2.24, 2.45) is 11.1 Å². The number of amides is 1. The van der Waals surface area contributed by atoms with Gasteiger partial charge in [0.1, 0.15) is 10.7 Å². The average molecular weight is 260 g/mol. The summed E-state index contributed by atoms with van der Waals surface area (Å²) in [5.41, 5.74) is -0.147. The van der Waals surface area contributed by atoms with E-state index in [2.05, 4.69) is 5.32 Å². The summed E-state index contributed by atoms with van der Waals surface area (Å²) in [7, 11) is -4.00. The number of rotatable bonds is 3. The molecule has 0 atom stereocenters. The van der Waals surface area contributed by atoms with Crippen molar-refractivity contribution in [3.63, 3.8) is 0 Å². The van der Waals surface area contributed by atoms with Crippen molar-refractivity contribution < 1.29 is 17.6 Å². The SMILES string of the molecule is CC(C)C(=O)Nc1cc(F)ccc1S(N)(=O)=O. The van der Waals surface area contributed by atoms with E-state index in [4.69, 9.17) is 5.14 Å². The molecule has 0 unspecified atom stereocenters. The molecule has 1 amide bonds. The van der Waals surface area contributed by atoms with Crippen LogP contribution >= 0.6 is 0 Å². The van der Waals surface area contributed by atoms with Gasteiger partial charge in [0, 0.05) is 5.92 Å². The highest BCUT2D eigenvalue weighted by Crippen LogP contribution is 2.21. The number of hydrogen-bond acceptors (Lipinski definition) is 3. The molecule has 17 heavy (non-hydrogen) atoms. The molecule has 7 heteroatoms. The standard InChI is InChI=1S/C10H13FN2O3S/c1-6(2)10(14)13-8-5-7(11)3-4-9(8)17(12,15)16/h3-6H,1-2H3,(H,13,14)(H2,12,15,16). The second-order valence-electron chi connectivity index (χ2n) is 3.83. The number of carbonyl (C=O) groups excluding carboxylic acids is 1. The molecule has 94 valence electrons. The average Bonchev–Trinajstić information content (AvgIpc) is 2.15. The van der Waals surface area contributed by atoms with Crippen LogP contribution in [0.5, 0.6) is 0 Å². The predicted octanol–water partition coefficient (Wildman–Crippen LogP) is 1.07. The molecule has 0 saturated carbocycles. The zero-order valence-corrected chi connectivity index (χ0v) is 10.2. The molecule has 5 nitrogen and oxygen atoms in total. The Hall–Kier alpha value is -1.47. The van der Waals surface area contributed by atoms with Gasteiger partial charge in [0.25, 0.3) is 0 Å². The van der Waals surface area contributed by atoms with Gasteiger partial charge in [0.05, 0.1) is 5.69 Å². The second kappa shape index (κ2) is 4.80. The fourth-order valence-corrected chi connectivity index (χ4v) is 1.80. The summed E-state index contributed by atoms with van der Waals surface area (Å²) in [5.74, 6) is -1.43. The molecule has 0 aliphatic carbocycles. The van der Waals surface area contributed by atoms with Crippen molar-refractivity contribution in [1.29, 1.82) is 0 Å². The second-order valence-corrected chi connectivity index (χ2v) is 5.36. The van der Waals surface area contributed by atoms with Crippen LogP contribution in [0.4, 0.5) is 10.1 Å². The summed E-state index contributed by atoms with van der Waals surface area (Å²) in [6.07, 6.45) is 0. The first kappa shape index (κ1) is 13.6. The van der Waals surface area contributed by atoms with E-state index in [1.54, 1.807) is 13.8 Å². The smallest absolute Gasteiger partial charge is 0.240 e. The summed E-state index contributed by atoms with van der Waals surface area (Å²) >= 11 is 0. The van der Waals surface area contributed by atoms with Gasteiger partial charge < -0.3 is 5.32 Å². The van der Waals surface area contributed by atoms with Gasteiger partial charge in [0.15, 0.2) is 0 Å². The Labute approximate surface area is 98.9 Å². The lowest BCUT2D eigenvalue weighted by atomic mass is 10.2. The van der Waals surface area contributed by atoms with Crippen LogP contribution in [0.3, 0.4) is 0 Å². The number of carbonyl (C=O) groups is 1. The first-order valence-corrected chi connectivity index (χ1v) is 6.39. The number of sulfonamides is 1. The Morgan fingerprint density at radius 3 is 2.47 bits per heavy atom. The number of benzene rings is 1.